The normalized spacial score (nSPS) is 28.0. The summed E-state index contributed by atoms with van der Waals surface area (Å²) in [4.78, 5) is 14.0. The van der Waals surface area contributed by atoms with Crippen molar-refractivity contribution in [3.05, 3.63) is 0 Å². The monoisotopic (exact) mass is 326 g/mol. The number of carbonyl (C=O) groups is 1. The zero-order valence-corrected chi connectivity index (χ0v) is 15.5. The van der Waals surface area contributed by atoms with E-state index in [4.69, 9.17) is 9.47 Å². The number of hydrogen-bond donors (Lipinski definition) is 1. The van der Waals surface area contributed by atoms with Gasteiger partial charge in [0.15, 0.2) is 0 Å². The number of rotatable bonds is 4. The topological polar surface area (TPSA) is 50.8 Å². The van der Waals surface area contributed by atoms with Crippen LogP contribution in [0.5, 0.6) is 0 Å². The summed E-state index contributed by atoms with van der Waals surface area (Å²) in [5.41, 5.74) is -0.384. The lowest BCUT2D eigenvalue weighted by Gasteiger charge is -2.41. The van der Waals surface area contributed by atoms with Gasteiger partial charge >= 0.3 is 6.09 Å². The maximum Gasteiger partial charge on any atom is 0.410 e. The Morgan fingerprint density at radius 2 is 1.96 bits per heavy atom. The minimum Gasteiger partial charge on any atom is -0.444 e. The van der Waals surface area contributed by atoms with Crippen molar-refractivity contribution in [2.75, 3.05) is 19.7 Å². The van der Waals surface area contributed by atoms with E-state index in [-0.39, 0.29) is 11.7 Å². The molecular formula is C18H34N2O3. The van der Waals surface area contributed by atoms with Gasteiger partial charge in [0.05, 0.1) is 5.60 Å². The average Bonchev–Trinajstić information content (AvgIpc) is 2.94. The third-order valence-electron chi connectivity index (χ3n) is 5.09. The smallest absolute Gasteiger partial charge is 0.410 e. The molecule has 0 radical (unpaired) electrons. The van der Waals surface area contributed by atoms with Gasteiger partial charge in [-0.15, -0.1) is 0 Å². The summed E-state index contributed by atoms with van der Waals surface area (Å²) in [6, 6.07) is 0.865. The molecule has 2 aliphatic heterocycles. The maximum absolute atomic E-state index is 12.2. The third kappa shape index (κ3) is 5.08. The summed E-state index contributed by atoms with van der Waals surface area (Å²) < 4.78 is 11.5. The number of amides is 1. The van der Waals surface area contributed by atoms with Crippen LogP contribution in [0.3, 0.4) is 0 Å². The molecule has 134 valence electrons. The second-order valence-corrected chi connectivity index (χ2v) is 8.01. The van der Waals surface area contributed by atoms with E-state index in [1.807, 2.05) is 25.7 Å². The Morgan fingerprint density at radius 3 is 2.57 bits per heavy atom. The van der Waals surface area contributed by atoms with Crippen LogP contribution in [0.15, 0.2) is 0 Å². The summed E-state index contributed by atoms with van der Waals surface area (Å²) in [5, 5.41) is 3.76. The number of ether oxygens (including phenoxy) is 2. The highest BCUT2D eigenvalue weighted by Gasteiger charge is 2.37. The van der Waals surface area contributed by atoms with Crippen LogP contribution in [-0.2, 0) is 9.47 Å². The molecule has 0 aromatic carbocycles. The molecule has 2 heterocycles. The van der Waals surface area contributed by atoms with Gasteiger partial charge in [-0.25, -0.2) is 4.79 Å². The molecule has 2 aliphatic rings. The van der Waals surface area contributed by atoms with Crippen LogP contribution in [0.4, 0.5) is 4.79 Å². The summed E-state index contributed by atoms with van der Waals surface area (Å²) in [6.07, 6.45) is 5.08. The zero-order valence-electron chi connectivity index (χ0n) is 15.5. The molecule has 5 nitrogen and oxygen atoms in total. The Morgan fingerprint density at radius 1 is 1.26 bits per heavy atom. The van der Waals surface area contributed by atoms with Gasteiger partial charge in [-0.05, 0) is 52.9 Å². The Balaban J connectivity index is 1.82. The second kappa shape index (κ2) is 7.39. The molecule has 23 heavy (non-hydrogen) atoms. The number of nitrogens with zero attached hydrogens (tertiary/aromatic N) is 1. The van der Waals surface area contributed by atoms with Crippen LogP contribution in [-0.4, -0.2) is 54.0 Å². The number of likely N-dealkylation sites (tertiary alicyclic amines) is 1. The number of nitrogens with one attached hydrogen (secondary N) is 1. The van der Waals surface area contributed by atoms with Crippen LogP contribution in [0.25, 0.3) is 0 Å². The van der Waals surface area contributed by atoms with E-state index < -0.39 is 5.60 Å². The first-order valence-electron chi connectivity index (χ1n) is 9.15. The van der Waals surface area contributed by atoms with Gasteiger partial charge in [-0.3, -0.25) is 0 Å². The largest absolute Gasteiger partial charge is 0.444 e. The van der Waals surface area contributed by atoms with E-state index in [1.165, 1.54) is 0 Å². The van der Waals surface area contributed by atoms with E-state index >= 15 is 0 Å². The van der Waals surface area contributed by atoms with E-state index in [2.05, 4.69) is 19.2 Å². The first-order chi connectivity index (χ1) is 10.8. The molecule has 1 N–H and O–H groups in total. The van der Waals surface area contributed by atoms with Crippen LogP contribution >= 0.6 is 0 Å². The molecule has 2 saturated heterocycles. The predicted octanol–water partition coefficient (Wildman–Crippen LogP) is 3.32. The van der Waals surface area contributed by atoms with Crippen LogP contribution in [0.1, 0.15) is 66.7 Å². The van der Waals surface area contributed by atoms with Crippen molar-refractivity contribution in [2.45, 2.75) is 90.0 Å². The fourth-order valence-corrected chi connectivity index (χ4v) is 3.63. The van der Waals surface area contributed by atoms with Gasteiger partial charge < -0.3 is 19.7 Å². The van der Waals surface area contributed by atoms with Crippen molar-refractivity contribution in [2.24, 2.45) is 0 Å². The number of carbonyl (C=O) groups excluding carboxylic acids is 1. The van der Waals surface area contributed by atoms with Gasteiger partial charge in [0.1, 0.15) is 5.60 Å². The highest BCUT2D eigenvalue weighted by atomic mass is 16.6. The SMILES string of the molecule is CCC1(CC)CC(NC2CCN(C(=O)OC(C)(C)C)C2)CCO1. The van der Waals surface area contributed by atoms with Crippen molar-refractivity contribution in [3.63, 3.8) is 0 Å². The third-order valence-corrected chi connectivity index (χ3v) is 5.09. The molecule has 0 saturated carbocycles. The summed E-state index contributed by atoms with van der Waals surface area (Å²) in [5.74, 6) is 0. The fraction of sp³-hybridized carbons (Fsp3) is 0.944. The molecule has 2 unspecified atom stereocenters. The molecule has 2 atom stereocenters. The van der Waals surface area contributed by atoms with Gasteiger partial charge in [0.25, 0.3) is 0 Å². The molecule has 0 bridgehead atoms. The summed E-state index contributed by atoms with van der Waals surface area (Å²) in [6.45, 7) is 12.5. The second-order valence-electron chi connectivity index (χ2n) is 8.01. The van der Waals surface area contributed by atoms with Gasteiger partial charge in [-0.1, -0.05) is 13.8 Å². The van der Waals surface area contributed by atoms with Gasteiger partial charge in [-0.2, -0.15) is 0 Å². The van der Waals surface area contributed by atoms with E-state index in [0.717, 1.165) is 51.8 Å². The maximum atomic E-state index is 12.2. The molecule has 2 rings (SSSR count). The summed E-state index contributed by atoms with van der Waals surface area (Å²) >= 11 is 0. The minimum atomic E-state index is -0.425. The van der Waals surface area contributed by atoms with Gasteiger partial charge in [0, 0.05) is 31.8 Å². The minimum absolute atomic E-state index is 0.0410. The molecule has 0 aromatic heterocycles. The Labute approximate surface area is 141 Å². The first-order valence-corrected chi connectivity index (χ1v) is 9.15. The van der Waals surface area contributed by atoms with E-state index in [0.29, 0.717) is 12.1 Å². The van der Waals surface area contributed by atoms with Crippen molar-refractivity contribution in [3.8, 4) is 0 Å². The van der Waals surface area contributed by atoms with E-state index in [9.17, 15) is 4.79 Å². The van der Waals surface area contributed by atoms with Gasteiger partial charge in [0.2, 0.25) is 0 Å². The van der Waals surface area contributed by atoms with E-state index in [1.54, 1.807) is 0 Å². The summed E-state index contributed by atoms with van der Waals surface area (Å²) in [7, 11) is 0. The van der Waals surface area contributed by atoms with Crippen molar-refractivity contribution in [1.29, 1.82) is 0 Å². The van der Waals surface area contributed by atoms with Crippen molar-refractivity contribution >= 4 is 6.09 Å². The molecular weight excluding hydrogens is 292 g/mol. The quantitative estimate of drug-likeness (QED) is 0.861. The van der Waals surface area contributed by atoms with Crippen molar-refractivity contribution in [1.82, 2.24) is 10.2 Å². The highest BCUT2D eigenvalue weighted by molar-refractivity contribution is 5.68. The lowest BCUT2D eigenvalue weighted by atomic mass is 9.85. The fourth-order valence-electron chi connectivity index (χ4n) is 3.63. The highest BCUT2D eigenvalue weighted by Crippen LogP contribution is 2.32. The van der Waals surface area contributed by atoms with Crippen LogP contribution < -0.4 is 5.32 Å². The lowest BCUT2D eigenvalue weighted by molar-refractivity contribution is -0.0939. The predicted molar refractivity (Wildman–Crippen MR) is 91.6 cm³/mol. The molecule has 2 fully saturated rings. The average molecular weight is 326 g/mol. The first kappa shape index (κ1) is 18.5. The Kier molecular flexibility index (Phi) is 5.95. The Hall–Kier alpha value is -0.810. The molecule has 0 spiro atoms. The van der Waals surface area contributed by atoms with Crippen LogP contribution in [0.2, 0.25) is 0 Å². The molecule has 5 heteroatoms. The molecule has 0 aromatic rings. The zero-order chi connectivity index (χ0) is 17.1. The molecule has 1 amide bonds. The van der Waals surface area contributed by atoms with Crippen molar-refractivity contribution < 1.29 is 14.3 Å². The molecule has 0 aliphatic carbocycles. The number of hydrogen-bond acceptors (Lipinski definition) is 4. The van der Waals surface area contributed by atoms with Crippen LogP contribution in [0, 0.1) is 0 Å². The Bertz CT molecular complexity index is 402. The standard InChI is InChI=1S/C18H34N2O3/c1-6-18(7-2)12-14(9-11-22-18)19-15-8-10-20(13-15)16(21)23-17(3,4)5/h14-15,19H,6-13H2,1-5H3. The lowest BCUT2D eigenvalue weighted by Crippen LogP contribution is -2.50.